The van der Waals surface area contributed by atoms with E-state index in [1.54, 1.807) is 18.3 Å². The van der Waals surface area contributed by atoms with Crippen molar-refractivity contribution in [2.24, 2.45) is 0 Å². The predicted molar refractivity (Wildman–Crippen MR) is 104 cm³/mol. The summed E-state index contributed by atoms with van der Waals surface area (Å²) in [4.78, 5) is 20.9. The fourth-order valence-electron chi connectivity index (χ4n) is 2.47. The van der Waals surface area contributed by atoms with Crippen molar-refractivity contribution in [3.8, 4) is 0 Å². The summed E-state index contributed by atoms with van der Waals surface area (Å²) < 4.78 is 0. The molecule has 26 heavy (non-hydrogen) atoms. The molecule has 3 aromatic rings. The Balaban J connectivity index is 1.71. The van der Waals surface area contributed by atoms with Crippen molar-refractivity contribution in [2.45, 2.75) is 20.4 Å². The van der Waals surface area contributed by atoms with E-state index in [1.807, 2.05) is 50.2 Å². The molecule has 0 atom stereocenters. The summed E-state index contributed by atoms with van der Waals surface area (Å²) >= 11 is 6.03. The van der Waals surface area contributed by atoms with E-state index >= 15 is 0 Å². The number of aromatic nitrogens is 2. The van der Waals surface area contributed by atoms with Crippen molar-refractivity contribution in [2.75, 3.05) is 5.32 Å². The van der Waals surface area contributed by atoms with Crippen LogP contribution in [0.25, 0.3) is 0 Å². The zero-order valence-corrected chi connectivity index (χ0v) is 15.3. The SMILES string of the molecule is Cc1ccccc1CNC(=O)c1ccnc(Nc2cc(Cl)ccc2C)n1. The Morgan fingerprint density at radius 2 is 1.88 bits per heavy atom. The lowest BCUT2D eigenvalue weighted by Gasteiger charge is -2.10. The van der Waals surface area contributed by atoms with Crippen molar-refractivity contribution in [3.63, 3.8) is 0 Å². The second-order valence-electron chi connectivity index (χ2n) is 5.96. The van der Waals surface area contributed by atoms with Gasteiger partial charge in [-0.1, -0.05) is 41.9 Å². The smallest absolute Gasteiger partial charge is 0.270 e. The molecule has 1 heterocycles. The topological polar surface area (TPSA) is 66.9 Å². The molecule has 3 rings (SSSR count). The molecule has 5 nitrogen and oxygen atoms in total. The van der Waals surface area contributed by atoms with Gasteiger partial charge in [0, 0.05) is 23.5 Å². The lowest BCUT2D eigenvalue weighted by Crippen LogP contribution is -2.24. The van der Waals surface area contributed by atoms with Crippen LogP contribution in [-0.4, -0.2) is 15.9 Å². The Kier molecular flexibility index (Phi) is 5.49. The molecule has 0 aliphatic carbocycles. The number of rotatable bonds is 5. The first-order valence-corrected chi connectivity index (χ1v) is 8.59. The first-order valence-electron chi connectivity index (χ1n) is 8.22. The van der Waals surface area contributed by atoms with Crippen LogP contribution in [0.2, 0.25) is 5.02 Å². The van der Waals surface area contributed by atoms with Gasteiger partial charge in [0.25, 0.3) is 5.91 Å². The summed E-state index contributed by atoms with van der Waals surface area (Å²) in [6.45, 7) is 4.42. The Bertz CT molecular complexity index is 943. The molecule has 1 aromatic heterocycles. The van der Waals surface area contributed by atoms with E-state index in [-0.39, 0.29) is 5.91 Å². The quantitative estimate of drug-likeness (QED) is 0.701. The van der Waals surface area contributed by atoms with Gasteiger partial charge < -0.3 is 10.6 Å². The molecule has 0 aliphatic heterocycles. The normalized spacial score (nSPS) is 10.4. The van der Waals surface area contributed by atoms with Crippen LogP contribution in [0.1, 0.15) is 27.2 Å². The summed E-state index contributed by atoms with van der Waals surface area (Å²) in [5.41, 5.74) is 4.32. The Morgan fingerprint density at radius 3 is 2.69 bits per heavy atom. The highest BCUT2D eigenvalue weighted by atomic mass is 35.5. The maximum Gasteiger partial charge on any atom is 0.270 e. The van der Waals surface area contributed by atoms with E-state index in [0.717, 1.165) is 22.4 Å². The van der Waals surface area contributed by atoms with E-state index in [1.165, 1.54) is 0 Å². The highest BCUT2D eigenvalue weighted by Gasteiger charge is 2.10. The Labute approximate surface area is 157 Å². The zero-order chi connectivity index (χ0) is 18.5. The average Bonchev–Trinajstić information content (AvgIpc) is 2.64. The van der Waals surface area contributed by atoms with Crippen LogP contribution in [0, 0.1) is 13.8 Å². The molecule has 0 unspecified atom stereocenters. The van der Waals surface area contributed by atoms with Crippen LogP contribution in [-0.2, 0) is 6.54 Å². The van der Waals surface area contributed by atoms with Gasteiger partial charge in [0.15, 0.2) is 0 Å². The molecule has 2 aromatic carbocycles. The van der Waals surface area contributed by atoms with Gasteiger partial charge in [0.1, 0.15) is 5.69 Å². The number of nitrogens with zero attached hydrogens (tertiary/aromatic N) is 2. The van der Waals surface area contributed by atoms with E-state index in [4.69, 9.17) is 11.6 Å². The van der Waals surface area contributed by atoms with Crippen molar-refractivity contribution in [3.05, 3.63) is 82.1 Å². The molecule has 0 radical (unpaired) electrons. The predicted octanol–water partition coefficient (Wildman–Crippen LogP) is 4.42. The number of halogens is 1. The number of carbonyl (C=O) groups is 1. The van der Waals surface area contributed by atoms with E-state index < -0.39 is 0 Å². The number of benzene rings is 2. The van der Waals surface area contributed by atoms with Gasteiger partial charge in [0.05, 0.1) is 0 Å². The maximum absolute atomic E-state index is 12.4. The van der Waals surface area contributed by atoms with Gasteiger partial charge in [-0.15, -0.1) is 0 Å². The van der Waals surface area contributed by atoms with Gasteiger partial charge in [-0.3, -0.25) is 4.79 Å². The standard InChI is InChI=1S/C20H19ClN4O/c1-13-5-3-4-6-15(13)12-23-19(26)17-9-10-22-20(24-17)25-18-11-16(21)8-7-14(18)2/h3-11H,12H2,1-2H3,(H,23,26)(H,22,24,25). The second kappa shape index (κ2) is 7.97. The number of amides is 1. The highest BCUT2D eigenvalue weighted by molar-refractivity contribution is 6.30. The molecule has 0 aliphatic rings. The summed E-state index contributed by atoms with van der Waals surface area (Å²) in [5, 5.41) is 6.61. The van der Waals surface area contributed by atoms with Gasteiger partial charge in [-0.25, -0.2) is 9.97 Å². The number of anilines is 2. The summed E-state index contributed by atoms with van der Waals surface area (Å²) in [7, 11) is 0. The van der Waals surface area contributed by atoms with Crippen molar-refractivity contribution in [1.82, 2.24) is 15.3 Å². The first-order chi connectivity index (χ1) is 12.5. The fourth-order valence-corrected chi connectivity index (χ4v) is 2.64. The van der Waals surface area contributed by atoms with E-state index in [2.05, 4.69) is 20.6 Å². The van der Waals surface area contributed by atoms with Crippen molar-refractivity contribution < 1.29 is 4.79 Å². The number of hydrogen-bond donors (Lipinski definition) is 2. The number of hydrogen-bond acceptors (Lipinski definition) is 4. The highest BCUT2D eigenvalue weighted by Crippen LogP contribution is 2.22. The molecule has 0 spiro atoms. The van der Waals surface area contributed by atoms with Crippen LogP contribution >= 0.6 is 11.6 Å². The summed E-state index contributed by atoms with van der Waals surface area (Å²) in [5.74, 6) is 0.0976. The van der Waals surface area contributed by atoms with E-state index in [9.17, 15) is 4.79 Å². The first kappa shape index (κ1) is 17.9. The molecule has 6 heteroatoms. The van der Waals surface area contributed by atoms with E-state index in [0.29, 0.717) is 23.2 Å². The molecule has 0 saturated heterocycles. The third kappa shape index (κ3) is 4.37. The lowest BCUT2D eigenvalue weighted by atomic mass is 10.1. The fraction of sp³-hybridized carbons (Fsp3) is 0.150. The average molecular weight is 367 g/mol. The van der Waals surface area contributed by atoms with Gasteiger partial charge in [-0.05, 0) is 48.7 Å². The minimum atomic E-state index is -0.249. The monoisotopic (exact) mass is 366 g/mol. The molecule has 2 N–H and O–H groups in total. The van der Waals surface area contributed by atoms with Gasteiger partial charge >= 0.3 is 0 Å². The minimum Gasteiger partial charge on any atom is -0.347 e. The third-order valence-corrected chi connectivity index (χ3v) is 4.27. The zero-order valence-electron chi connectivity index (χ0n) is 14.6. The maximum atomic E-state index is 12.4. The molecule has 0 fully saturated rings. The molecule has 0 bridgehead atoms. The molecular weight excluding hydrogens is 348 g/mol. The van der Waals surface area contributed by atoms with Crippen LogP contribution in [0.5, 0.6) is 0 Å². The minimum absolute atomic E-state index is 0.249. The number of nitrogens with one attached hydrogen (secondary N) is 2. The Hall–Kier alpha value is -2.92. The van der Waals surface area contributed by atoms with Crippen LogP contribution in [0.4, 0.5) is 11.6 Å². The van der Waals surface area contributed by atoms with Crippen molar-refractivity contribution in [1.29, 1.82) is 0 Å². The summed E-state index contributed by atoms with van der Waals surface area (Å²) in [6.07, 6.45) is 1.55. The number of carbonyl (C=O) groups excluding carboxylic acids is 1. The Morgan fingerprint density at radius 1 is 1.08 bits per heavy atom. The van der Waals surface area contributed by atoms with Crippen molar-refractivity contribution >= 4 is 29.1 Å². The molecule has 1 amide bonds. The van der Waals surface area contributed by atoms with Crippen LogP contribution < -0.4 is 10.6 Å². The van der Waals surface area contributed by atoms with Gasteiger partial charge in [-0.2, -0.15) is 0 Å². The third-order valence-electron chi connectivity index (χ3n) is 4.03. The van der Waals surface area contributed by atoms with Crippen LogP contribution in [0.3, 0.4) is 0 Å². The molecule has 0 saturated carbocycles. The molecular formula is C20H19ClN4O. The van der Waals surface area contributed by atoms with Crippen LogP contribution in [0.15, 0.2) is 54.7 Å². The number of aryl methyl sites for hydroxylation is 2. The lowest BCUT2D eigenvalue weighted by molar-refractivity contribution is 0.0946. The second-order valence-corrected chi connectivity index (χ2v) is 6.40. The largest absolute Gasteiger partial charge is 0.347 e. The van der Waals surface area contributed by atoms with Gasteiger partial charge in [0.2, 0.25) is 5.95 Å². The molecule has 132 valence electrons. The summed E-state index contributed by atoms with van der Waals surface area (Å²) in [6, 6.07) is 15.0.